The molecule has 0 spiro atoms. The Morgan fingerprint density at radius 2 is 1.87 bits per heavy atom. The van der Waals surface area contributed by atoms with Crippen LogP contribution in [0, 0.1) is 18.6 Å². The van der Waals surface area contributed by atoms with E-state index in [1.165, 1.54) is 42.9 Å². The Balaban J connectivity index is 1.32. The summed E-state index contributed by atoms with van der Waals surface area (Å²) >= 11 is 0. The van der Waals surface area contributed by atoms with Crippen LogP contribution in [0.4, 0.5) is 20.2 Å². The van der Waals surface area contributed by atoms with Crippen molar-refractivity contribution in [2.75, 3.05) is 23.9 Å². The first-order chi connectivity index (χ1) is 18.8. The number of rotatable bonds is 8. The quantitative estimate of drug-likeness (QED) is 0.298. The number of piperidine rings is 1. The summed E-state index contributed by atoms with van der Waals surface area (Å²) in [6.07, 6.45) is 7.29. The molecule has 0 unspecified atom stereocenters. The number of halogens is 2. The van der Waals surface area contributed by atoms with E-state index in [0.717, 1.165) is 18.4 Å². The molecule has 10 heteroatoms. The minimum Gasteiger partial charge on any atom is -0.339 e. The third kappa shape index (κ3) is 5.96. The summed E-state index contributed by atoms with van der Waals surface area (Å²) in [5.41, 5.74) is 5.60. The van der Waals surface area contributed by atoms with E-state index >= 15 is 0 Å². The zero-order valence-electron chi connectivity index (χ0n) is 21.5. The second-order valence-electron chi connectivity index (χ2n) is 9.83. The number of nitrogens with one attached hydrogen (secondary N) is 2. The van der Waals surface area contributed by atoms with Gasteiger partial charge in [0.15, 0.2) is 0 Å². The highest BCUT2D eigenvalue weighted by Crippen LogP contribution is 2.40. The largest absolute Gasteiger partial charge is 0.339 e. The predicted octanol–water partition coefficient (Wildman–Crippen LogP) is 5.38. The first-order valence-electron chi connectivity index (χ1n) is 12.9. The highest BCUT2D eigenvalue weighted by molar-refractivity contribution is 6.05. The molecule has 2 aliphatic rings. The Morgan fingerprint density at radius 3 is 2.56 bits per heavy atom. The Labute approximate surface area is 225 Å². The Hall–Kier alpha value is -4.18. The molecular formula is C29H29F2N5O3. The van der Waals surface area contributed by atoms with Gasteiger partial charge in [-0.25, -0.2) is 18.7 Å². The Morgan fingerprint density at radius 1 is 1.10 bits per heavy atom. The van der Waals surface area contributed by atoms with Crippen LogP contribution in [0.25, 0.3) is 11.3 Å². The number of hydrogen-bond donors (Lipinski definition) is 2. The molecule has 5 rings (SSSR count). The standard InChI is InChI=1S/C29H29F2N5O3/c1-3-27(37)36-10-8-21(9-11-36)39-35-26-15-32-16-33-28(26)23-13-20(30)14-25(17(23)2)34-29(38)22-7-6-19(12-24(22)31)18-4-5-18/h3,6-7,12-16,18,21,35H,1,4-5,8-11H2,2H3,(H,34,38). The molecule has 202 valence electrons. The zero-order valence-corrected chi connectivity index (χ0v) is 21.5. The fraction of sp³-hybridized carbons (Fsp3) is 0.310. The van der Waals surface area contributed by atoms with Gasteiger partial charge in [0.1, 0.15) is 23.6 Å². The number of carbonyl (C=O) groups is 2. The van der Waals surface area contributed by atoms with E-state index in [1.807, 2.05) is 0 Å². The predicted molar refractivity (Wildman–Crippen MR) is 143 cm³/mol. The van der Waals surface area contributed by atoms with Crippen LogP contribution in [-0.2, 0) is 9.63 Å². The lowest BCUT2D eigenvalue weighted by Crippen LogP contribution is -2.40. The molecule has 2 aromatic carbocycles. The van der Waals surface area contributed by atoms with Gasteiger partial charge in [-0.1, -0.05) is 12.6 Å². The molecule has 2 fully saturated rings. The van der Waals surface area contributed by atoms with Crippen LogP contribution in [0.1, 0.15) is 53.1 Å². The molecule has 1 saturated carbocycles. The van der Waals surface area contributed by atoms with Crippen LogP contribution in [0.15, 0.2) is 55.5 Å². The Kier molecular flexibility index (Phi) is 7.65. The zero-order chi connectivity index (χ0) is 27.5. The first kappa shape index (κ1) is 26.4. The first-order valence-corrected chi connectivity index (χ1v) is 12.9. The summed E-state index contributed by atoms with van der Waals surface area (Å²) in [6.45, 7) is 6.33. The summed E-state index contributed by atoms with van der Waals surface area (Å²) in [5.74, 6) is -1.62. The van der Waals surface area contributed by atoms with Crippen molar-refractivity contribution in [1.29, 1.82) is 0 Å². The third-order valence-electron chi connectivity index (χ3n) is 7.14. The van der Waals surface area contributed by atoms with Gasteiger partial charge in [0, 0.05) is 24.3 Å². The van der Waals surface area contributed by atoms with Crippen LogP contribution in [0.5, 0.6) is 0 Å². The Bertz CT molecular complexity index is 1420. The van der Waals surface area contributed by atoms with Gasteiger partial charge in [-0.05, 0) is 80.0 Å². The van der Waals surface area contributed by atoms with Crippen molar-refractivity contribution in [2.24, 2.45) is 0 Å². The second-order valence-corrected chi connectivity index (χ2v) is 9.83. The minimum absolute atomic E-state index is 0.108. The van der Waals surface area contributed by atoms with Gasteiger partial charge < -0.3 is 10.2 Å². The van der Waals surface area contributed by atoms with E-state index in [4.69, 9.17) is 4.84 Å². The van der Waals surface area contributed by atoms with Gasteiger partial charge in [-0.2, -0.15) is 0 Å². The molecule has 0 atom stereocenters. The SMILES string of the molecule is C=CC(=O)N1CCC(ONc2cncnc2-c2cc(F)cc(NC(=O)c3ccc(C4CC4)cc3F)c2C)CC1. The highest BCUT2D eigenvalue weighted by atomic mass is 19.1. The third-order valence-corrected chi connectivity index (χ3v) is 7.14. The van der Waals surface area contributed by atoms with Crippen molar-refractivity contribution in [1.82, 2.24) is 14.9 Å². The molecule has 2 amide bonds. The summed E-state index contributed by atoms with van der Waals surface area (Å²) in [7, 11) is 0. The number of anilines is 2. The maximum atomic E-state index is 14.8. The molecule has 0 bridgehead atoms. The van der Waals surface area contributed by atoms with E-state index in [0.29, 0.717) is 54.4 Å². The van der Waals surface area contributed by atoms with E-state index < -0.39 is 17.5 Å². The lowest BCUT2D eigenvalue weighted by Gasteiger charge is -2.31. The van der Waals surface area contributed by atoms with E-state index in [-0.39, 0.29) is 23.3 Å². The number of aromatic nitrogens is 2. The molecule has 1 saturated heterocycles. The molecular weight excluding hydrogens is 504 g/mol. The average Bonchev–Trinajstić information content (AvgIpc) is 3.79. The number of benzene rings is 2. The second kappa shape index (κ2) is 11.3. The topological polar surface area (TPSA) is 96.4 Å². The number of likely N-dealkylation sites (tertiary alicyclic amines) is 1. The van der Waals surface area contributed by atoms with Crippen molar-refractivity contribution >= 4 is 23.2 Å². The van der Waals surface area contributed by atoms with E-state index in [2.05, 4.69) is 27.3 Å². The number of nitrogens with zero attached hydrogens (tertiary/aromatic N) is 3. The molecule has 0 radical (unpaired) electrons. The maximum absolute atomic E-state index is 14.8. The van der Waals surface area contributed by atoms with Crippen molar-refractivity contribution < 1.29 is 23.2 Å². The van der Waals surface area contributed by atoms with Crippen LogP contribution in [-0.4, -0.2) is 45.9 Å². The summed E-state index contributed by atoms with van der Waals surface area (Å²) in [5, 5.41) is 2.65. The molecule has 8 nitrogen and oxygen atoms in total. The number of amides is 2. The van der Waals surface area contributed by atoms with Crippen LogP contribution < -0.4 is 10.8 Å². The van der Waals surface area contributed by atoms with Gasteiger partial charge in [-0.15, -0.1) is 0 Å². The smallest absolute Gasteiger partial charge is 0.258 e. The van der Waals surface area contributed by atoms with Gasteiger partial charge in [0.2, 0.25) is 5.91 Å². The van der Waals surface area contributed by atoms with Gasteiger partial charge in [0.05, 0.1) is 23.6 Å². The van der Waals surface area contributed by atoms with Crippen molar-refractivity contribution in [3.05, 3.63) is 83.8 Å². The molecule has 1 aliphatic carbocycles. The summed E-state index contributed by atoms with van der Waals surface area (Å²) in [6, 6.07) is 7.13. The van der Waals surface area contributed by atoms with Gasteiger partial charge in [-0.3, -0.25) is 19.9 Å². The monoisotopic (exact) mass is 533 g/mol. The van der Waals surface area contributed by atoms with Crippen LogP contribution in [0.3, 0.4) is 0 Å². The molecule has 3 aromatic rings. The normalized spacial score (nSPS) is 15.6. The van der Waals surface area contributed by atoms with E-state index in [9.17, 15) is 18.4 Å². The van der Waals surface area contributed by atoms with Crippen molar-refractivity contribution in [2.45, 2.75) is 44.6 Å². The van der Waals surface area contributed by atoms with Gasteiger partial charge in [0.25, 0.3) is 5.91 Å². The fourth-order valence-electron chi connectivity index (χ4n) is 4.72. The van der Waals surface area contributed by atoms with Crippen LogP contribution >= 0.6 is 0 Å². The van der Waals surface area contributed by atoms with Crippen LogP contribution in [0.2, 0.25) is 0 Å². The lowest BCUT2D eigenvalue weighted by molar-refractivity contribution is -0.128. The summed E-state index contributed by atoms with van der Waals surface area (Å²) < 4.78 is 29.4. The van der Waals surface area contributed by atoms with Gasteiger partial charge >= 0.3 is 0 Å². The van der Waals surface area contributed by atoms with E-state index in [1.54, 1.807) is 17.9 Å². The van der Waals surface area contributed by atoms with Crippen molar-refractivity contribution in [3.8, 4) is 11.3 Å². The average molecular weight is 534 g/mol. The lowest BCUT2D eigenvalue weighted by atomic mass is 10.0. The number of carbonyl (C=O) groups excluding carboxylic acids is 2. The fourth-order valence-corrected chi connectivity index (χ4v) is 4.72. The molecule has 2 heterocycles. The highest BCUT2D eigenvalue weighted by Gasteiger charge is 2.26. The molecule has 1 aromatic heterocycles. The number of hydrogen-bond acceptors (Lipinski definition) is 6. The molecule has 39 heavy (non-hydrogen) atoms. The summed E-state index contributed by atoms with van der Waals surface area (Å²) in [4.78, 5) is 40.7. The molecule has 1 aliphatic heterocycles. The minimum atomic E-state index is -0.667. The maximum Gasteiger partial charge on any atom is 0.258 e. The van der Waals surface area contributed by atoms with Crippen molar-refractivity contribution in [3.63, 3.8) is 0 Å². The molecule has 2 N–H and O–H groups in total.